The number of hydrogen-bond donors (Lipinski definition) is 1. The Morgan fingerprint density at radius 1 is 1.00 bits per heavy atom. The van der Waals surface area contributed by atoms with E-state index in [2.05, 4.69) is 5.32 Å². The van der Waals surface area contributed by atoms with Gasteiger partial charge in [0.05, 0.1) is 13.5 Å². The van der Waals surface area contributed by atoms with Crippen LogP contribution in [-0.4, -0.2) is 42.9 Å². The fourth-order valence-electron chi connectivity index (χ4n) is 6.44. The van der Waals surface area contributed by atoms with Gasteiger partial charge in [0.15, 0.2) is 0 Å². The van der Waals surface area contributed by atoms with Gasteiger partial charge in [-0.2, -0.15) is 0 Å². The zero-order valence-electron chi connectivity index (χ0n) is 18.5. The highest BCUT2D eigenvalue weighted by Crippen LogP contribution is 2.60. The quantitative estimate of drug-likeness (QED) is 0.615. The van der Waals surface area contributed by atoms with Crippen molar-refractivity contribution in [2.45, 2.75) is 57.9 Å². The molecule has 168 valence electrons. The van der Waals surface area contributed by atoms with Gasteiger partial charge in [0.2, 0.25) is 11.8 Å². The fraction of sp³-hybridized carbons (Fsp3) is 0.640. The molecule has 0 saturated heterocycles. The zero-order chi connectivity index (χ0) is 21.8. The van der Waals surface area contributed by atoms with Gasteiger partial charge in [-0.1, -0.05) is 30.3 Å². The number of methoxy groups -OCH3 is 1. The highest BCUT2D eigenvalue weighted by molar-refractivity contribution is 5.84. The van der Waals surface area contributed by atoms with Crippen molar-refractivity contribution in [1.82, 2.24) is 10.2 Å². The van der Waals surface area contributed by atoms with Gasteiger partial charge in [0.1, 0.15) is 0 Å². The molecule has 0 unspecified atom stereocenters. The van der Waals surface area contributed by atoms with E-state index in [0.717, 1.165) is 42.6 Å². The van der Waals surface area contributed by atoms with Crippen molar-refractivity contribution >= 4 is 17.8 Å². The summed E-state index contributed by atoms with van der Waals surface area (Å²) in [6, 6.07) is 9.73. The van der Waals surface area contributed by atoms with Gasteiger partial charge in [0.25, 0.3) is 0 Å². The lowest BCUT2D eigenvalue weighted by molar-refractivity contribution is -0.146. The fourth-order valence-corrected chi connectivity index (χ4v) is 6.44. The number of carbonyl (C=O) groups is 3. The Morgan fingerprint density at radius 2 is 1.61 bits per heavy atom. The normalized spacial score (nSPS) is 28.2. The van der Waals surface area contributed by atoms with E-state index in [0.29, 0.717) is 19.6 Å². The Labute approximate surface area is 184 Å². The standard InChI is InChI=1S/C25H34N2O4/c1-31-23(29)8-10-27(17-18-5-3-2-4-6-18)22(28)7-9-26-24(30)25-14-19-11-20(15-25)13-21(12-19)16-25/h2-6,19-21H,7-17H2,1H3,(H,26,30). The molecule has 0 aliphatic heterocycles. The van der Waals surface area contributed by atoms with Crippen LogP contribution in [0.15, 0.2) is 30.3 Å². The lowest BCUT2D eigenvalue weighted by Crippen LogP contribution is -2.53. The van der Waals surface area contributed by atoms with Crippen LogP contribution in [0.2, 0.25) is 0 Å². The van der Waals surface area contributed by atoms with Gasteiger partial charge in [0, 0.05) is 31.5 Å². The van der Waals surface area contributed by atoms with Crippen LogP contribution in [0.1, 0.15) is 56.9 Å². The molecule has 1 aromatic carbocycles. The van der Waals surface area contributed by atoms with E-state index in [4.69, 9.17) is 4.74 Å². The minimum atomic E-state index is -0.332. The number of ether oxygens (including phenoxy) is 1. The Bertz CT molecular complexity index is 772. The summed E-state index contributed by atoms with van der Waals surface area (Å²) in [6.07, 6.45) is 7.40. The molecular formula is C25H34N2O4. The molecule has 6 nitrogen and oxygen atoms in total. The van der Waals surface area contributed by atoms with Crippen molar-refractivity contribution in [3.05, 3.63) is 35.9 Å². The number of carbonyl (C=O) groups excluding carboxylic acids is 3. The highest BCUT2D eigenvalue weighted by Gasteiger charge is 2.54. The van der Waals surface area contributed by atoms with E-state index in [-0.39, 0.29) is 36.0 Å². The molecule has 2 amide bonds. The summed E-state index contributed by atoms with van der Waals surface area (Å²) < 4.78 is 4.73. The molecule has 0 atom stereocenters. The Morgan fingerprint density at radius 3 is 2.19 bits per heavy atom. The lowest BCUT2D eigenvalue weighted by Gasteiger charge is -2.55. The molecule has 6 heteroatoms. The summed E-state index contributed by atoms with van der Waals surface area (Å²) in [5, 5.41) is 3.09. The van der Waals surface area contributed by atoms with Crippen molar-refractivity contribution in [2.75, 3.05) is 20.2 Å². The summed E-state index contributed by atoms with van der Waals surface area (Å²) in [6.45, 7) is 1.10. The van der Waals surface area contributed by atoms with E-state index in [1.165, 1.54) is 26.4 Å². The summed E-state index contributed by atoms with van der Waals surface area (Å²) in [5.41, 5.74) is 0.824. The Kier molecular flexibility index (Phi) is 6.63. The number of hydrogen-bond acceptors (Lipinski definition) is 4. The van der Waals surface area contributed by atoms with Gasteiger partial charge < -0.3 is 15.0 Å². The van der Waals surface area contributed by atoms with Crippen molar-refractivity contribution in [3.63, 3.8) is 0 Å². The van der Waals surface area contributed by atoms with Gasteiger partial charge in [-0.15, -0.1) is 0 Å². The third kappa shape index (κ3) is 5.10. The molecule has 0 heterocycles. The van der Waals surface area contributed by atoms with Crippen LogP contribution in [0.3, 0.4) is 0 Å². The minimum Gasteiger partial charge on any atom is -0.469 e. The van der Waals surface area contributed by atoms with Crippen LogP contribution in [-0.2, 0) is 25.7 Å². The molecule has 31 heavy (non-hydrogen) atoms. The molecule has 4 bridgehead atoms. The SMILES string of the molecule is COC(=O)CCN(Cc1ccccc1)C(=O)CCNC(=O)C12CC3CC(CC(C3)C1)C2. The first-order valence-corrected chi connectivity index (χ1v) is 11.6. The first kappa shape index (κ1) is 21.8. The molecule has 0 aromatic heterocycles. The maximum absolute atomic E-state index is 13.1. The average Bonchev–Trinajstić information content (AvgIpc) is 2.76. The molecular weight excluding hydrogens is 392 g/mol. The van der Waals surface area contributed by atoms with Crippen LogP contribution in [0.4, 0.5) is 0 Å². The second kappa shape index (κ2) is 9.41. The zero-order valence-corrected chi connectivity index (χ0v) is 18.5. The molecule has 4 fully saturated rings. The minimum absolute atomic E-state index is 0.0569. The predicted molar refractivity (Wildman–Crippen MR) is 117 cm³/mol. The largest absolute Gasteiger partial charge is 0.469 e. The number of rotatable bonds is 9. The van der Waals surface area contributed by atoms with Crippen LogP contribution >= 0.6 is 0 Å². The van der Waals surface area contributed by atoms with E-state index in [9.17, 15) is 14.4 Å². The van der Waals surface area contributed by atoms with E-state index < -0.39 is 0 Å². The number of benzene rings is 1. The molecule has 5 rings (SSSR count). The van der Waals surface area contributed by atoms with Crippen LogP contribution < -0.4 is 5.32 Å². The summed E-state index contributed by atoms with van der Waals surface area (Å²) >= 11 is 0. The third-order valence-corrected chi connectivity index (χ3v) is 7.53. The monoisotopic (exact) mass is 426 g/mol. The Hall–Kier alpha value is -2.37. The number of esters is 1. The van der Waals surface area contributed by atoms with E-state index in [1.807, 2.05) is 30.3 Å². The van der Waals surface area contributed by atoms with Crippen molar-refractivity contribution in [1.29, 1.82) is 0 Å². The maximum atomic E-state index is 13.1. The molecule has 4 aliphatic rings. The molecule has 0 radical (unpaired) electrons. The van der Waals surface area contributed by atoms with Crippen molar-refractivity contribution in [2.24, 2.45) is 23.2 Å². The first-order valence-electron chi connectivity index (χ1n) is 11.6. The summed E-state index contributed by atoms with van der Waals surface area (Å²) in [4.78, 5) is 39.3. The molecule has 1 N–H and O–H groups in total. The number of amides is 2. The van der Waals surface area contributed by atoms with Crippen molar-refractivity contribution in [3.8, 4) is 0 Å². The van der Waals surface area contributed by atoms with Gasteiger partial charge in [-0.25, -0.2) is 0 Å². The topological polar surface area (TPSA) is 75.7 Å². The molecule has 0 spiro atoms. The van der Waals surface area contributed by atoms with Gasteiger partial charge in [-0.05, 0) is 61.8 Å². The van der Waals surface area contributed by atoms with Crippen LogP contribution in [0.25, 0.3) is 0 Å². The number of nitrogens with one attached hydrogen (secondary N) is 1. The van der Waals surface area contributed by atoms with Gasteiger partial charge in [-0.3, -0.25) is 14.4 Å². The third-order valence-electron chi connectivity index (χ3n) is 7.53. The average molecular weight is 427 g/mol. The van der Waals surface area contributed by atoms with E-state index in [1.54, 1.807) is 4.90 Å². The Balaban J connectivity index is 1.30. The predicted octanol–water partition coefficient (Wildman–Crippen LogP) is 3.30. The first-order chi connectivity index (χ1) is 15.0. The summed E-state index contributed by atoms with van der Waals surface area (Å²) in [7, 11) is 1.35. The second-order valence-corrected chi connectivity index (χ2v) is 9.83. The smallest absolute Gasteiger partial charge is 0.307 e. The lowest BCUT2D eigenvalue weighted by atomic mass is 9.49. The van der Waals surface area contributed by atoms with Crippen LogP contribution in [0, 0.1) is 23.2 Å². The van der Waals surface area contributed by atoms with E-state index >= 15 is 0 Å². The van der Waals surface area contributed by atoms with Gasteiger partial charge >= 0.3 is 5.97 Å². The maximum Gasteiger partial charge on any atom is 0.307 e. The highest BCUT2D eigenvalue weighted by atomic mass is 16.5. The summed E-state index contributed by atoms with van der Waals surface area (Å²) in [5.74, 6) is 1.93. The molecule has 4 aliphatic carbocycles. The van der Waals surface area contributed by atoms with Crippen molar-refractivity contribution < 1.29 is 19.1 Å². The molecule has 1 aromatic rings. The van der Waals surface area contributed by atoms with Crippen LogP contribution in [0.5, 0.6) is 0 Å². The number of nitrogens with zero attached hydrogens (tertiary/aromatic N) is 1. The second-order valence-electron chi connectivity index (χ2n) is 9.83. The molecule has 4 saturated carbocycles.